The predicted molar refractivity (Wildman–Crippen MR) is 72.0 cm³/mol. The number of fused-ring (bicyclic) bond motifs is 1. The van der Waals surface area contributed by atoms with E-state index in [2.05, 4.69) is 57.3 Å². The van der Waals surface area contributed by atoms with Crippen molar-refractivity contribution in [3.8, 4) is 6.07 Å². The average Bonchev–Trinajstić information content (AvgIpc) is 2.46. The van der Waals surface area contributed by atoms with Crippen LogP contribution in [-0.2, 0) is 0 Å². The van der Waals surface area contributed by atoms with Crippen molar-refractivity contribution in [1.82, 2.24) is 0 Å². The number of benzene rings is 1. The van der Waals surface area contributed by atoms with Crippen LogP contribution in [0, 0.1) is 17.8 Å². The van der Waals surface area contributed by atoms with Crippen LogP contribution in [0.4, 0.5) is 0 Å². The summed E-state index contributed by atoms with van der Waals surface area (Å²) in [4.78, 5) is 0. The van der Waals surface area contributed by atoms with E-state index in [9.17, 15) is 0 Å². The van der Waals surface area contributed by atoms with Crippen LogP contribution >= 0.6 is 56.5 Å². The number of hydrogen-bond donors (Lipinski definition) is 0. The summed E-state index contributed by atoms with van der Waals surface area (Å²) in [5, 5.41) is 10.0. The molecule has 0 N–H and O–H groups in total. The molecule has 0 atom stereocenters. The molecule has 0 aliphatic carbocycles. The molecule has 0 spiro atoms. The summed E-state index contributed by atoms with van der Waals surface area (Å²) in [7, 11) is 0. The van der Waals surface area contributed by atoms with Crippen LogP contribution in [0.15, 0.2) is 18.2 Å². The molecule has 0 radical (unpaired) electrons. The van der Waals surface area contributed by atoms with E-state index in [0.29, 0.717) is 0 Å². The highest BCUT2D eigenvalue weighted by Crippen LogP contribution is 2.31. The summed E-state index contributed by atoms with van der Waals surface area (Å²) >= 11 is 6.30. The van der Waals surface area contributed by atoms with Gasteiger partial charge in [0.15, 0.2) is 0 Å². The number of thiophene rings is 1. The summed E-state index contributed by atoms with van der Waals surface area (Å²) < 4.78 is 3.62. The van der Waals surface area contributed by atoms with Gasteiger partial charge in [-0.3, -0.25) is 0 Å². The second-order valence-corrected chi connectivity index (χ2v) is 6.67. The van der Waals surface area contributed by atoms with Gasteiger partial charge >= 0.3 is 0 Å². The van der Waals surface area contributed by atoms with Crippen LogP contribution < -0.4 is 0 Å². The molecule has 13 heavy (non-hydrogen) atoms. The molecule has 0 saturated heterocycles. The maximum atomic E-state index is 8.78. The summed E-state index contributed by atoms with van der Waals surface area (Å²) in [6.07, 6.45) is 0. The Morgan fingerprint density at radius 2 is 2.00 bits per heavy atom. The molecule has 0 unspecified atom stereocenters. The predicted octanol–water partition coefficient (Wildman–Crippen LogP) is 3.98. The van der Waals surface area contributed by atoms with Gasteiger partial charge in [0.25, 0.3) is 0 Å². The van der Waals surface area contributed by atoms with Crippen molar-refractivity contribution in [3.05, 3.63) is 30.2 Å². The Morgan fingerprint density at radius 3 is 2.69 bits per heavy atom. The first kappa shape index (κ1) is 9.68. The van der Waals surface area contributed by atoms with Gasteiger partial charge in [-0.15, -0.1) is 11.3 Å². The molecule has 0 amide bonds. The van der Waals surface area contributed by atoms with Crippen LogP contribution in [0.2, 0.25) is 0 Å². The van der Waals surface area contributed by atoms with Crippen molar-refractivity contribution in [2.45, 2.75) is 0 Å². The maximum Gasteiger partial charge on any atom is 0.0992 e. The number of hydrogen-bond acceptors (Lipinski definition) is 2. The van der Waals surface area contributed by atoms with Crippen molar-refractivity contribution in [3.63, 3.8) is 0 Å². The zero-order valence-corrected chi connectivity index (χ0v) is 11.5. The normalized spacial score (nSPS) is 10.2. The quantitative estimate of drug-likeness (QED) is 0.602. The summed E-state index contributed by atoms with van der Waals surface area (Å²) in [6, 6.07) is 8.20. The van der Waals surface area contributed by atoms with Crippen molar-refractivity contribution >= 4 is 66.6 Å². The molecule has 0 bridgehead atoms. The highest BCUT2D eigenvalue weighted by molar-refractivity contribution is 14.1. The molecule has 2 aromatic rings. The van der Waals surface area contributed by atoms with Gasteiger partial charge in [0, 0.05) is 13.7 Å². The molecule has 1 aromatic carbocycles. The monoisotopic (exact) mass is 411 g/mol. The van der Waals surface area contributed by atoms with Crippen LogP contribution in [0.5, 0.6) is 0 Å². The Balaban J connectivity index is 2.85. The van der Waals surface area contributed by atoms with Gasteiger partial charge in [-0.1, -0.05) is 0 Å². The highest BCUT2D eigenvalue weighted by Gasteiger charge is 2.04. The highest BCUT2D eigenvalue weighted by atomic mass is 127. The van der Waals surface area contributed by atoms with Gasteiger partial charge in [0.05, 0.1) is 14.5 Å². The van der Waals surface area contributed by atoms with E-state index in [-0.39, 0.29) is 0 Å². The zero-order chi connectivity index (χ0) is 9.42. The van der Waals surface area contributed by atoms with Gasteiger partial charge in [-0.25, -0.2) is 0 Å². The van der Waals surface area contributed by atoms with Crippen molar-refractivity contribution in [1.29, 1.82) is 5.26 Å². The molecule has 2 rings (SSSR count). The van der Waals surface area contributed by atoms with Gasteiger partial charge in [0.1, 0.15) is 0 Å². The Hall–Kier alpha value is 0.130. The minimum absolute atomic E-state index is 0.746. The third kappa shape index (κ3) is 1.82. The van der Waals surface area contributed by atoms with Crippen molar-refractivity contribution < 1.29 is 0 Å². The smallest absolute Gasteiger partial charge is 0.0992 e. The Labute approximate surface area is 107 Å². The van der Waals surface area contributed by atoms with Crippen molar-refractivity contribution in [2.75, 3.05) is 0 Å². The standard InChI is InChI=1S/C9H3I2NS/c10-7-1-5(4-12)2-8-6(7)3-9(11)13-8/h1-3H. The van der Waals surface area contributed by atoms with E-state index in [1.54, 1.807) is 11.3 Å². The van der Waals surface area contributed by atoms with Gasteiger partial charge in [-0.05, 0) is 63.4 Å². The fraction of sp³-hybridized carbons (Fsp3) is 0. The molecule has 1 nitrogen and oxygen atoms in total. The lowest BCUT2D eigenvalue weighted by Gasteiger charge is -1.94. The van der Waals surface area contributed by atoms with Crippen LogP contribution in [0.25, 0.3) is 10.1 Å². The van der Waals surface area contributed by atoms with E-state index < -0.39 is 0 Å². The lowest BCUT2D eigenvalue weighted by atomic mass is 10.2. The summed E-state index contributed by atoms with van der Waals surface area (Å²) in [6.45, 7) is 0. The van der Waals surface area contributed by atoms with E-state index in [1.807, 2.05) is 12.1 Å². The van der Waals surface area contributed by atoms with Gasteiger partial charge in [-0.2, -0.15) is 5.26 Å². The zero-order valence-electron chi connectivity index (χ0n) is 6.34. The minimum atomic E-state index is 0.746. The second-order valence-electron chi connectivity index (χ2n) is 2.53. The molecular weight excluding hydrogens is 408 g/mol. The maximum absolute atomic E-state index is 8.78. The molecule has 0 saturated carbocycles. The average molecular weight is 411 g/mol. The molecule has 1 aromatic heterocycles. The number of nitrogens with zero attached hydrogens (tertiary/aromatic N) is 1. The fourth-order valence-corrected chi connectivity index (χ4v) is 3.97. The molecule has 0 aliphatic rings. The van der Waals surface area contributed by atoms with Gasteiger partial charge in [0.2, 0.25) is 0 Å². The topological polar surface area (TPSA) is 23.8 Å². The van der Waals surface area contributed by atoms with E-state index >= 15 is 0 Å². The molecule has 64 valence electrons. The molecule has 0 aliphatic heterocycles. The lowest BCUT2D eigenvalue weighted by Crippen LogP contribution is -1.76. The first-order valence-electron chi connectivity index (χ1n) is 3.49. The SMILES string of the molecule is N#Cc1cc(I)c2cc(I)sc2c1. The number of rotatable bonds is 0. The Morgan fingerprint density at radius 1 is 1.23 bits per heavy atom. The lowest BCUT2D eigenvalue weighted by molar-refractivity contribution is 1.49. The first-order valence-corrected chi connectivity index (χ1v) is 6.47. The van der Waals surface area contributed by atoms with Gasteiger partial charge < -0.3 is 0 Å². The largest absolute Gasteiger partial charge is 0.192 e. The fourth-order valence-electron chi connectivity index (χ4n) is 1.13. The molecular formula is C9H3I2NS. The molecule has 0 fully saturated rings. The molecule has 1 heterocycles. The summed E-state index contributed by atoms with van der Waals surface area (Å²) in [5.41, 5.74) is 0.746. The third-order valence-corrected chi connectivity index (χ3v) is 4.42. The second kappa shape index (κ2) is 3.71. The summed E-state index contributed by atoms with van der Waals surface area (Å²) in [5.74, 6) is 0. The Kier molecular flexibility index (Phi) is 2.76. The van der Waals surface area contributed by atoms with Crippen LogP contribution in [0.3, 0.4) is 0 Å². The minimum Gasteiger partial charge on any atom is -0.192 e. The van der Waals surface area contributed by atoms with Crippen LogP contribution in [-0.4, -0.2) is 0 Å². The van der Waals surface area contributed by atoms with E-state index in [1.165, 1.54) is 13.0 Å². The van der Waals surface area contributed by atoms with Crippen LogP contribution in [0.1, 0.15) is 5.56 Å². The Bertz CT molecular complexity index is 510. The number of halogens is 2. The van der Waals surface area contributed by atoms with E-state index in [4.69, 9.17) is 5.26 Å². The van der Waals surface area contributed by atoms with Crippen molar-refractivity contribution in [2.24, 2.45) is 0 Å². The number of nitriles is 1. The third-order valence-electron chi connectivity index (χ3n) is 1.69. The first-order chi connectivity index (χ1) is 6.20. The van der Waals surface area contributed by atoms with E-state index in [0.717, 1.165) is 9.13 Å². The molecule has 4 heteroatoms.